The van der Waals surface area contributed by atoms with Crippen LogP contribution >= 0.6 is 27.7 Å². The van der Waals surface area contributed by atoms with E-state index >= 15 is 0 Å². The number of nitrogens with one attached hydrogen (secondary N) is 1. The van der Waals surface area contributed by atoms with Crippen molar-refractivity contribution >= 4 is 27.7 Å². The largest absolute Gasteiger partial charge is 0.314 e. The standard InChI is InChI=1S/C14H21BrFNS/c1-3-5-17-14(4-6-18-2)9-11-7-12(15)10-13(16)8-11/h7-8,10,14,17H,3-6,9H2,1-2H3. The summed E-state index contributed by atoms with van der Waals surface area (Å²) >= 11 is 5.20. The lowest BCUT2D eigenvalue weighted by Crippen LogP contribution is -2.32. The highest BCUT2D eigenvalue weighted by molar-refractivity contribution is 9.10. The second-order valence-corrected chi connectivity index (χ2v) is 6.32. The Morgan fingerprint density at radius 1 is 1.39 bits per heavy atom. The Morgan fingerprint density at radius 2 is 2.17 bits per heavy atom. The van der Waals surface area contributed by atoms with E-state index < -0.39 is 0 Å². The van der Waals surface area contributed by atoms with Crippen molar-refractivity contribution in [3.63, 3.8) is 0 Å². The van der Waals surface area contributed by atoms with Gasteiger partial charge in [0.05, 0.1) is 0 Å². The van der Waals surface area contributed by atoms with E-state index in [1.54, 1.807) is 6.07 Å². The van der Waals surface area contributed by atoms with E-state index in [0.717, 1.165) is 41.6 Å². The summed E-state index contributed by atoms with van der Waals surface area (Å²) in [4.78, 5) is 0. The van der Waals surface area contributed by atoms with Gasteiger partial charge in [-0.1, -0.05) is 22.9 Å². The summed E-state index contributed by atoms with van der Waals surface area (Å²) < 4.78 is 14.1. The van der Waals surface area contributed by atoms with Crippen molar-refractivity contribution in [1.82, 2.24) is 5.32 Å². The molecule has 4 heteroatoms. The minimum absolute atomic E-state index is 0.168. The van der Waals surface area contributed by atoms with Crippen LogP contribution in [0.5, 0.6) is 0 Å². The van der Waals surface area contributed by atoms with Crippen molar-refractivity contribution in [2.75, 3.05) is 18.6 Å². The number of rotatable bonds is 8. The molecule has 0 heterocycles. The molecule has 0 saturated heterocycles. The summed E-state index contributed by atoms with van der Waals surface area (Å²) in [6, 6.07) is 5.57. The van der Waals surface area contributed by atoms with Crippen molar-refractivity contribution in [2.24, 2.45) is 0 Å². The topological polar surface area (TPSA) is 12.0 Å². The first-order valence-corrected chi connectivity index (χ1v) is 8.51. The van der Waals surface area contributed by atoms with Crippen LogP contribution < -0.4 is 5.32 Å². The van der Waals surface area contributed by atoms with Crippen LogP contribution in [-0.4, -0.2) is 24.6 Å². The van der Waals surface area contributed by atoms with Crippen LogP contribution in [0.25, 0.3) is 0 Å². The van der Waals surface area contributed by atoms with Crippen LogP contribution in [0.2, 0.25) is 0 Å². The quantitative estimate of drug-likeness (QED) is 0.763. The number of benzene rings is 1. The number of halogens is 2. The van der Waals surface area contributed by atoms with E-state index in [-0.39, 0.29) is 5.82 Å². The number of thioether (sulfide) groups is 1. The SMILES string of the molecule is CCCNC(CCSC)Cc1cc(F)cc(Br)c1. The highest BCUT2D eigenvalue weighted by Crippen LogP contribution is 2.17. The highest BCUT2D eigenvalue weighted by Gasteiger charge is 2.09. The van der Waals surface area contributed by atoms with Gasteiger partial charge in [-0.3, -0.25) is 0 Å². The zero-order valence-electron chi connectivity index (χ0n) is 11.0. The fraction of sp³-hybridized carbons (Fsp3) is 0.571. The summed E-state index contributed by atoms with van der Waals surface area (Å²) in [7, 11) is 0. The molecule has 0 spiro atoms. The smallest absolute Gasteiger partial charge is 0.124 e. The number of hydrogen-bond acceptors (Lipinski definition) is 2. The Morgan fingerprint density at radius 3 is 2.78 bits per heavy atom. The molecule has 0 amide bonds. The fourth-order valence-electron chi connectivity index (χ4n) is 1.90. The molecule has 1 nitrogen and oxygen atoms in total. The first kappa shape index (κ1) is 16.0. The Kier molecular flexibility index (Phi) is 7.95. The van der Waals surface area contributed by atoms with Crippen LogP contribution in [0, 0.1) is 5.82 Å². The third kappa shape index (κ3) is 6.21. The van der Waals surface area contributed by atoms with Gasteiger partial charge in [0.2, 0.25) is 0 Å². The van der Waals surface area contributed by atoms with E-state index in [4.69, 9.17) is 0 Å². The molecular weight excluding hydrogens is 313 g/mol. The monoisotopic (exact) mass is 333 g/mol. The molecule has 18 heavy (non-hydrogen) atoms. The lowest BCUT2D eigenvalue weighted by molar-refractivity contribution is 0.496. The maximum Gasteiger partial charge on any atom is 0.124 e. The van der Waals surface area contributed by atoms with Gasteiger partial charge in [0, 0.05) is 10.5 Å². The predicted octanol–water partition coefficient (Wildman–Crippen LogP) is 4.25. The van der Waals surface area contributed by atoms with Gasteiger partial charge in [0.1, 0.15) is 5.82 Å². The fourth-order valence-corrected chi connectivity index (χ4v) is 2.93. The van der Waals surface area contributed by atoms with E-state index in [2.05, 4.69) is 34.4 Å². The molecule has 0 bridgehead atoms. The summed E-state index contributed by atoms with van der Waals surface area (Å²) in [5, 5.41) is 3.54. The zero-order valence-corrected chi connectivity index (χ0v) is 13.4. The Hall–Kier alpha value is -0.0600. The average Bonchev–Trinajstić information content (AvgIpc) is 2.31. The van der Waals surface area contributed by atoms with Crippen LogP contribution in [-0.2, 0) is 6.42 Å². The Balaban J connectivity index is 2.62. The van der Waals surface area contributed by atoms with Crippen molar-refractivity contribution in [3.05, 3.63) is 34.1 Å². The van der Waals surface area contributed by atoms with E-state index in [9.17, 15) is 4.39 Å². The molecule has 102 valence electrons. The predicted molar refractivity (Wildman–Crippen MR) is 82.9 cm³/mol. The van der Waals surface area contributed by atoms with E-state index in [1.165, 1.54) is 6.07 Å². The van der Waals surface area contributed by atoms with Gasteiger partial charge in [-0.15, -0.1) is 0 Å². The van der Waals surface area contributed by atoms with Crippen LogP contribution in [0.1, 0.15) is 25.3 Å². The van der Waals surface area contributed by atoms with Gasteiger partial charge in [0.25, 0.3) is 0 Å². The summed E-state index contributed by atoms with van der Waals surface area (Å²) in [6.45, 7) is 3.19. The van der Waals surface area contributed by atoms with Crippen molar-refractivity contribution in [3.8, 4) is 0 Å². The molecule has 1 aromatic carbocycles. The van der Waals surface area contributed by atoms with E-state index in [1.807, 2.05) is 17.8 Å². The molecule has 1 rings (SSSR count). The van der Waals surface area contributed by atoms with Gasteiger partial charge in [-0.25, -0.2) is 4.39 Å². The lowest BCUT2D eigenvalue weighted by Gasteiger charge is -2.18. The first-order valence-electron chi connectivity index (χ1n) is 6.33. The molecule has 0 aliphatic rings. The minimum atomic E-state index is -0.168. The van der Waals surface area contributed by atoms with Crippen LogP contribution in [0.3, 0.4) is 0 Å². The Bertz CT molecular complexity index is 331. The first-order chi connectivity index (χ1) is 8.65. The molecule has 1 aromatic rings. The lowest BCUT2D eigenvalue weighted by atomic mass is 10.0. The summed E-state index contributed by atoms with van der Waals surface area (Å²) in [5.74, 6) is 0.969. The number of hydrogen-bond donors (Lipinski definition) is 1. The molecule has 0 aliphatic carbocycles. The molecule has 1 N–H and O–H groups in total. The highest BCUT2D eigenvalue weighted by atomic mass is 79.9. The van der Waals surface area contributed by atoms with Gasteiger partial charge < -0.3 is 5.32 Å². The third-order valence-electron chi connectivity index (χ3n) is 2.76. The molecule has 0 fully saturated rings. The molecular formula is C14H21BrFNS. The second-order valence-electron chi connectivity index (χ2n) is 4.41. The van der Waals surface area contributed by atoms with E-state index in [0.29, 0.717) is 6.04 Å². The Labute approximate surface area is 122 Å². The van der Waals surface area contributed by atoms with Crippen molar-refractivity contribution in [1.29, 1.82) is 0 Å². The average molecular weight is 334 g/mol. The molecule has 0 saturated carbocycles. The normalized spacial score (nSPS) is 12.7. The summed E-state index contributed by atoms with van der Waals surface area (Å²) in [6.07, 6.45) is 5.25. The van der Waals surface area contributed by atoms with Gasteiger partial charge in [-0.2, -0.15) is 11.8 Å². The third-order valence-corrected chi connectivity index (χ3v) is 3.86. The van der Waals surface area contributed by atoms with Crippen LogP contribution in [0.15, 0.2) is 22.7 Å². The van der Waals surface area contributed by atoms with Crippen molar-refractivity contribution < 1.29 is 4.39 Å². The molecule has 0 aliphatic heterocycles. The molecule has 0 aromatic heterocycles. The maximum absolute atomic E-state index is 13.3. The summed E-state index contributed by atoms with van der Waals surface area (Å²) in [5.41, 5.74) is 1.05. The van der Waals surface area contributed by atoms with Crippen LogP contribution in [0.4, 0.5) is 4.39 Å². The zero-order chi connectivity index (χ0) is 13.4. The molecule has 1 unspecified atom stereocenters. The van der Waals surface area contributed by atoms with Gasteiger partial charge in [0.15, 0.2) is 0 Å². The minimum Gasteiger partial charge on any atom is -0.314 e. The van der Waals surface area contributed by atoms with Gasteiger partial charge >= 0.3 is 0 Å². The second kappa shape index (κ2) is 8.94. The van der Waals surface area contributed by atoms with Crippen molar-refractivity contribution in [2.45, 2.75) is 32.2 Å². The maximum atomic E-state index is 13.3. The molecule has 0 radical (unpaired) electrons. The molecule has 1 atom stereocenters. The van der Waals surface area contributed by atoms with Gasteiger partial charge in [-0.05, 0) is 61.6 Å².